The van der Waals surface area contributed by atoms with Crippen molar-refractivity contribution in [1.29, 1.82) is 0 Å². The Balaban J connectivity index is 3.60. The highest BCUT2D eigenvalue weighted by Crippen LogP contribution is 2.34. The second-order valence-electron chi connectivity index (χ2n) is 6.29. The van der Waals surface area contributed by atoms with Crippen molar-refractivity contribution in [2.75, 3.05) is 33.8 Å². The van der Waals surface area contributed by atoms with Crippen LogP contribution in [0.25, 0.3) is 0 Å². The van der Waals surface area contributed by atoms with Crippen molar-refractivity contribution in [3.05, 3.63) is 0 Å². The summed E-state index contributed by atoms with van der Waals surface area (Å²) in [7, 11) is -10.8. The van der Waals surface area contributed by atoms with Crippen molar-refractivity contribution in [1.82, 2.24) is 0 Å². The third-order valence-corrected chi connectivity index (χ3v) is 23.4. The molecule has 167 valence electrons. The SMILES string of the molecule is CC[Si]1(CO)O[Si](OC)O[Si](CC)(OC)O[Si](CC)(OC)O[Si](CC)(CO)O1. The molecule has 1 radical (unpaired) electrons. The fourth-order valence-corrected chi connectivity index (χ4v) is 23.2. The maximum atomic E-state index is 10.3. The number of hydrogen-bond donors (Lipinski definition) is 2. The lowest BCUT2D eigenvalue weighted by Crippen LogP contribution is -2.70. The third kappa shape index (κ3) is 5.89. The molecule has 1 fully saturated rings. The van der Waals surface area contributed by atoms with E-state index in [1.165, 1.54) is 21.3 Å². The minimum atomic E-state index is -3.32. The smallest absolute Gasteiger partial charge is 0.413 e. The number of aliphatic hydroxyl groups is 2. The van der Waals surface area contributed by atoms with Crippen LogP contribution >= 0.6 is 0 Å². The van der Waals surface area contributed by atoms with Crippen LogP contribution in [0.15, 0.2) is 0 Å². The predicted octanol–water partition coefficient (Wildman–Crippen LogP) is 0.912. The molecule has 0 amide bonds. The van der Waals surface area contributed by atoms with E-state index in [-0.39, 0.29) is 12.5 Å². The molecular formula is C13H35O10Si5. The van der Waals surface area contributed by atoms with E-state index in [0.29, 0.717) is 24.2 Å². The third-order valence-electron chi connectivity index (χ3n) is 4.75. The lowest BCUT2D eigenvalue weighted by molar-refractivity contribution is 0.0808. The topological polar surface area (TPSA) is 114 Å². The maximum Gasteiger partial charge on any atom is 0.559 e. The molecule has 0 saturated carbocycles. The first kappa shape index (κ1) is 26.7. The van der Waals surface area contributed by atoms with Crippen LogP contribution in [0.1, 0.15) is 27.7 Å². The highest BCUT2D eigenvalue weighted by Gasteiger charge is 2.61. The summed E-state index contributed by atoms with van der Waals surface area (Å²) in [5, 5.41) is 20.4. The fourth-order valence-electron chi connectivity index (χ4n) is 2.71. The molecule has 1 saturated heterocycles. The Morgan fingerprint density at radius 1 is 0.679 bits per heavy atom. The first-order valence-electron chi connectivity index (χ1n) is 9.46. The van der Waals surface area contributed by atoms with Gasteiger partial charge in [0.1, 0.15) is 0 Å². The van der Waals surface area contributed by atoms with Crippen molar-refractivity contribution < 1.29 is 44.1 Å². The van der Waals surface area contributed by atoms with Gasteiger partial charge in [-0.1, -0.05) is 27.7 Å². The normalized spacial score (nSPS) is 38.5. The van der Waals surface area contributed by atoms with E-state index in [0.717, 1.165) is 0 Å². The van der Waals surface area contributed by atoms with Gasteiger partial charge in [0, 0.05) is 33.4 Å². The zero-order valence-electron chi connectivity index (χ0n) is 17.9. The van der Waals surface area contributed by atoms with E-state index in [4.69, 9.17) is 33.9 Å². The van der Waals surface area contributed by atoms with Gasteiger partial charge >= 0.3 is 44.3 Å². The van der Waals surface area contributed by atoms with Gasteiger partial charge < -0.3 is 44.1 Å². The van der Waals surface area contributed by atoms with E-state index < -0.39 is 44.3 Å². The van der Waals surface area contributed by atoms with Gasteiger partial charge in [0.15, 0.2) is 0 Å². The Morgan fingerprint density at radius 3 is 1.57 bits per heavy atom. The van der Waals surface area contributed by atoms with Gasteiger partial charge in [0.2, 0.25) is 0 Å². The summed E-state index contributed by atoms with van der Waals surface area (Å²) in [6, 6.07) is 1.77. The quantitative estimate of drug-likeness (QED) is 0.451. The molecule has 1 rings (SSSR count). The van der Waals surface area contributed by atoms with E-state index >= 15 is 0 Å². The van der Waals surface area contributed by atoms with Crippen LogP contribution in [0.5, 0.6) is 0 Å². The Kier molecular flexibility index (Phi) is 10.8. The van der Waals surface area contributed by atoms with Crippen LogP contribution in [0.4, 0.5) is 0 Å². The highest BCUT2D eigenvalue weighted by molar-refractivity contribution is 6.90. The van der Waals surface area contributed by atoms with E-state index in [1.807, 2.05) is 27.7 Å². The van der Waals surface area contributed by atoms with Crippen LogP contribution in [0.2, 0.25) is 24.2 Å². The van der Waals surface area contributed by atoms with Crippen molar-refractivity contribution in [2.24, 2.45) is 0 Å². The average molecular weight is 492 g/mol. The minimum absolute atomic E-state index is 0.313. The van der Waals surface area contributed by atoms with Crippen LogP contribution in [-0.2, 0) is 33.9 Å². The average Bonchev–Trinajstić information content (AvgIpc) is 2.76. The largest absolute Gasteiger partial charge is 0.559 e. The molecule has 0 bridgehead atoms. The molecule has 15 heteroatoms. The van der Waals surface area contributed by atoms with Gasteiger partial charge in [-0.15, -0.1) is 0 Å². The Hall–Kier alpha value is 0.684. The van der Waals surface area contributed by atoms with Crippen molar-refractivity contribution in [3.63, 3.8) is 0 Å². The van der Waals surface area contributed by atoms with E-state index in [9.17, 15) is 10.2 Å². The lowest BCUT2D eigenvalue weighted by Gasteiger charge is -2.46. The summed E-state index contributed by atoms with van der Waals surface area (Å²) in [5.41, 5.74) is 0. The number of rotatable bonds is 9. The molecule has 4 unspecified atom stereocenters. The monoisotopic (exact) mass is 491 g/mol. The van der Waals surface area contributed by atoms with Gasteiger partial charge in [-0.05, 0) is 12.1 Å². The molecule has 28 heavy (non-hydrogen) atoms. The molecule has 0 aromatic heterocycles. The summed E-state index contributed by atoms with van der Waals surface area (Å²) in [5.74, 6) is 0. The minimum Gasteiger partial charge on any atom is -0.413 e. The highest BCUT2D eigenvalue weighted by atomic mass is 28.5. The summed E-state index contributed by atoms with van der Waals surface area (Å²) in [6.45, 7) is 7.54. The van der Waals surface area contributed by atoms with Crippen molar-refractivity contribution in [3.8, 4) is 0 Å². The van der Waals surface area contributed by atoms with Crippen LogP contribution in [0, 0.1) is 0 Å². The Morgan fingerprint density at radius 2 is 1.21 bits per heavy atom. The summed E-state index contributed by atoms with van der Waals surface area (Å²) < 4.78 is 48.4. The second kappa shape index (κ2) is 11.3. The first-order chi connectivity index (χ1) is 13.2. The van der Waals surface area contributed by atoms with Crippen LogP contribution in [0.3, 0.4) is 0 Å². The maximum absolute atomic E-state index is 10.3. The first-order valence-corrected chi connectivity index (χ1v) is 19.0. The predicted molar refractivity (Wildman–Crippen MR) is 111 cm³/mol. The van der Waals surface area contributed by atoms with Gasteiger partial charge in [-0.2, -0.15) is 0 Å². The molecule has 1 aliphatic rings. The molecule has 2 N–H and O–H groups in total. The molecule has 0 spiro atoms. The van der Waals surface area contributed by atoms with E-state index in [2.05, 4.69) is 0 Å². The molecule has 0 aliphatic carbocycles. The zero-order valence-corrected chi connectivity index (χ0v) is 22.9. The van der Waals surface area contributed by atoms with Gasteiger partial charge in [-0.3, -0.25) is 0 Å². The van der Waals surface area contributed by atoms with Gasteiger partial charge in [0.25, 0.3) is 0 Å². The molecular weight excluding hydrogens is 457 g/mol. The second-order valence-corrected chi connectivity index (χ2v) is 21.9. The molecule has 1 heterocycles. The molecule has 0 aromatic carbocycles. The summed E-state index contributed by atoms with van der Waals surface area (Å²) in [4.78, 5) is 0. The van der Waals surface area contributed by atoms with Gasteiger partial charge in [0.05, 0.1) is 12.5 Å². The lowest BCUT2D eigenvalue weighted by atomic mass is 11.0. The van der Waals surface area contributed by atoms with Crippen LogP contribution in [-0.4, -0.2) is 88.3 Å². The van der Waals surface area contributed by atoms with E-state index in [1.54, 1.807) is 0 Å². The van der Waals surface area contributed by atoms with Crippen LogP contribution < -0.4 is 0 Å². The molecule has 4 atom stereocenters. The number of hydrogen-bond acceptors (Lipinski definition) is 10. The molecule has 10 nitrogen and oxygen atoms in total. The molecule has 0 aromatic rings. The number of aliphatic hydroxyl groups excluding tert-OH is 2. The zero-order chi connectivity index (χ0) is 21.5. The van der Waals surface area contributed by atoms with Crippen molar-refractivity contribution in [2.45, 2.75) is 51.9 Å². The van der Waals surface area contributed by atoms with Gasteiger partial charge in [-0.25, -0.2) is 0 Å². The Bertz CT molecular complexity index is 419. The Labute approximate surface area is 174 Å². The molecule has 1 aliphatic heterocycles. The summed E-state index contributed by atoms with van der Waals surface area (Å²) >= 11 is 0. The summed E-state index contributed by atoms with van der Waals surface area (Å²) in [6.07, 6.45) is -0.628. The standard InChI is InChI=1S/C13H35O10Si5/c1-8-25(12-14)19-24(16-5)20-27(10-3,17-6)23-28(11-4,18-7)22-26(9-2,13-15)21-25/h14-15H,8-13H2,1-7H3. The van der Waals surface area contributed by atoms with Crippen molar-refractivity contribution >= 4 is 44.3 Å². The fraction of sp³-hybridized carbons (Fsp3) is 1.00.